The van der Waals surface area contributed by atoms with E-state index >= 15 is 0 Å². The molecule has 3 atom stereocenters. The van der Waals surface area contributed by atoms with Crippen LogP contribution in [0.4, 0.5) is 9.59 Å². The molecule has 0 bridgehead atoms. The number of carboxylic acids is 1. The summed E-state index contributed by atoms with van der Waals surface area (Å²) in [5.41, 5.74) is 4.35. The number of ether oxygens (including phenoxy) is 3. The summed E-state index contributed by atoms with van der Waals surface area (Å²) in [7, 11) is 1.23. The average molecular weight is 641 g/mol. The molecule has 3 heterocycles. The Morgan fingerprint density at radius 1 is 1.00 bits per heavy atom. The topological polar surface area (TPSA) is 235 Å². The van der Waals surface area contributed by atoms with E-state index in [1.54, 1.807) is 32.6 Å². The molecular formula is C29H48N6O10. The number of fused-ring (bicyclic) bond motifs is 1. The minimum Gasteiger partial charge on any atom is -0.481 e. The number of aliphatic carboxylic acids is 1. The predicted molar refractivity (Wildman–Crippen MR) is 164 cm³/mol. The number of carbonyl (C=O) groups excluding carboxylic acids is 4. The first kappa shape index (κ1) is 40.5. The van der Waals surface area contributed by atoms with Gasteiger partial charge in [-0.1, -0.05) is 0 Å². The van der Waals surface area contributed by atoms with E-state index in [-0.39, 0.29) is 42.9 Å². The van der Waals surface area contributed by atoms with E-state index < -0.39 is 41.2 Å². The van der Waals surface area contributed by atoms with Crippen LogP contribution >= 0.6 is 0 Å². The quantitative estimate of drug-likeness (QED) is 0.114. The number of nitrogens with zero attached hydrogens (tertiary/aromatic N) is 3. The monoisotopic (exact) mass is 640 g/mol. The normalized spacial score (nSPS) is 19.0. The zero-order valence-electron chi connectivity index (χ0n) is 27.8. The third kappa shape index (κ3) is 14.7. The molecule has 1 unspecified atom stereocenters. The Labute approximate surface area is 263 Å². The summed E-state index contributed by atoms with van der Waals surface area (Å²) in [4.78, 5) is 77.9. The molecule has 2 aliphatic heterocycles. The summed E-state index contributed by atoms with van der Waals surface area (Å²) in [6, 6.07) is -0.306. The maximum Gasteiger partial charge on any atom is 0.410 e. The van der Waals surface area contributed by atoms with Crippen molar-refractivity contribution in [1.29, 1.82) is 5.41 Å². The zero-order chi connectivity index (χ0) is 35.3. The number of carboxylic acid groups (broad SMARTS) is 1. The molecule has 2 amide bonds. The van der Waals surface area contributed by atoms with Gasteiger partial charge in [-0.3, -0.25) is 24.6 Å². The Morgan fingerprint density at radius 3 is 1.89 bits per heavy atom. The highest BCUT2D eigenvalue weighted by molar-refractivity contribution is 6.00. The number of aromatic amines is 1. The van der Waals surface area contributed by atoms with Crippen molar-refractivity contribution in [3.8, 4) is 0 Å². The summed E-state index contributed by atoms with van der Waals surface area (Å²) < 4.78 is 15.2. The highest BCUT2D eigenvalue weighted by Gasteiger charge is 2.40. The number of piperidine rings is 1. The minimum absolute atomic E-state index is 0.0155. The first-order valence-corrected chi connectivity index (χ1v) is 14.1. The van der Waals surface area contributed by atoms with Gasteiger partial charge in [0.1, 0.15) is 17.1 Å². The third-order valence-electron chi connectivity index (χ3n) is 5.93. The van der Waals surface area contributed by atoms with Crippen LogP contribution in [0.3, 0.4) is 0 Å². The number of aromatic nitrogens is 2. The number of hydrogen-bond donors (Lipinski definition) is 4. The number of likely N-dealkylation sites (tertiary alicyclic amines) is 1. The number of hydrogen-bond acceptors (Lipinski definition) is 11. The fourth-order valence-corrected chi connectivity index (χ4v) is 4.03. The lowest BCUT2D eigenvalue weighted by atomic mass is 9.92. The summed E-state index contributed by atoms with van der Waals surface area (Å²) in [5.74, 6) is -2.54. The predicted octanol–water partition coefficient (Wildman–Crippen LogP) is 2.47. The van der Waals surface area contributed by atoms with Crippen molar-refractivity contribution in [2.75, 3.05) is 13.7 Å². The first-order chi connectivity index (χ1) is 20.6. The minimum atomic E-state index is -0.909. The molecule has 0 radical (unpaired) electrons. The van der Waals surface area contributed by atoms with Gasteiger partial charge in [0.25, 0.3) is 11.5 Å². The summed E-state index contributed by atoms with van der Waals surface area (Å²) in [6.45, 7) is 15.8. The van der Waals surface area contributed by atoms with Crippen molar-refractivity contribution in [1.82, 2.24) is 19.8 Å². The van der Waals surface area contributed by atoms with E-state index in [0.717, 1.165) is 19.0 Å². The number of nitrogens with one attached hydrogen (secondary N) is 2. The SMILES string of the molecule is CC(=O)O.COC(=O)C1CN(C(=O)OC(C)(C)C)[C@H](C)CC1=O.C[C@@H]1Cc2nc[nH]c(=O)c2CN1C(=O)OC(C)(C)C.N=CN. The molecule has 1 saturated heterocycles. The van der Waals surface area contributed by atoms with Crippen LogP contribution in [0.2, 0.25) is 0 Å². The van der Waals surface area contributed by atoms with Gasteiger partial charge in [-0.2, -0.15) is 0 Å². The molecule has 3 rings (SSSR count). The van der Waals surface area contributed by atoms with Crippen molar-refractivity contribution in [3.63, 3.8) is 0 Å². The Morgan fingerprint density at radius 2 is 1.44 bits per heavy atom. The Bertz CT molecular complexity index is 1250. The van der Waals surface area contributed by atoms with E-state index in [9.17, 15) is 24.0 Å². The van der Waals surface area contributed by atoms with Crippen LogP contribution in [0.5, 0.6) is 0 Å². The highest BCUT2D eigenvalue weighted by atomic mass is 16.6. The molecule has 5 N–H and O–H groups in total. The maximum atomic E-state index is 12.1. The summed E-state index contributed by atoms with van der Waals surface area (Å²) in [5, 5.41) is 13.3. The molecule has 45 heavy (non-hydrogen) atoms. The highest BCUT2D eigenvalue weighted by Crippen LogP contribution is 2.23. The van der Waals surface area contributed by atoms with E-state index in [1.807, 2.05) is 27.7 Å². The molecule has 254 valence electrons. The molecule has 0 aromatic carbocycles. The summed E-state index contributed by atoms with van der Waals surface area (Å²) >= 11 is 0. The van der Waals surface area contributed by atoms with Crippen LogP contribution in [-0.2, 0) is 41.6 Å². The van der Waals surface area contributed by atoms with Gasteiger partial charge in [-0.05, 0) is 55.4 Å². The molecule has 0 aliphatic carbocycles. The molecular weight excluding hydrogens is 592 g/mol. The van der Waals surface area contributed by atoms with Gasteiger partial charge in [0.15, 0.2) is 5.78 Å². The van der Waals surface area contributed by atoms with E-state index in [1.165, 1.54) is 18.3 Å². The molecule has 2 aliphatic rings. The number of methoxy groups -OCH3 is 1. The van der Waals surface area contributed by atoms with Crippen molar-refractivity contribution in [3.05, 3.63) is 27.9 Å². The Kier molecular flexibility index (Phi) is 15.9. The van der Waals surface area contributed by atoms with Crippen LogP contribution < -0.4 is 11.3 Å². The van der Waals surface area contributed by atoms with Crippen LogP contribution in [0.1, 0.15) is 80.0 Å². The number of nitrogens with two attached hydrogens (primary N) is 1. The molecule has 1 aromatic heterocycles. The molecule has 0 spiro atoms. The summed E-state index contributed by atoms with van der Waals surface area (Å²) in [6.07, 6.45) is 1.95. The smallest absolute Gasteiger partial charge is 0.410 e. The Hall–Kier alpha value is -4.50. The van der Waals surface area contributed by atoms with Crippen LogP contribution in [-0.4, -0.2) is 98.1 Å². The van der Waals surface area contributed by atoms with Crippen LogP contribution in [0.15, 0.2) is 11.1 Å². The molecule has 0 saturated carbocycles. The number of rotatable bonds is 1. The lowest BCUT2D eigenvalue weighted by molar-refractivity contribution is -0.152. The van der Waals surface area contributed by atoms with Crippen LogP contribution in [0, 0.1) is 11.3 Å². The zero-order valence-corrected chi connectivity index (χ0v) is 27.8. The second-order valence-corrected chi connectivity index (χ2v) is 12.2. The number of amides is 2. The molecule has 1 fully saturated rings. The Balaban J connectivity index is 0.000000713. The number of ketones is 1. The first-order valence-electron chi connectivity index (χ1n) is 14.1. The lowest BCUT2D eigenvalue weighted by Crippen LogP contribution is -2.52. The number of esters is 1. The lowest BCUT2D eigenvalue weighted by Gasteiger charge is -2.36. The van der Waals surface area contributed by atoms with E-state index in [0.29, 0.717) is 12.0 Å². The number of H-pyrrole nitrogens is 1. The maximum absolute atomic E-state index is 12.1. The largest absolute Gasteiger partial charge is 0.481 e. The second kappa shape index (κ2) is 17.7. The molecule has 1 aromatic rings. The van der Waals surface area contributed by atoms with Gasteiger partial charge in [0.05, 0.1) is 37.6 Å². The van der Waals surface area contributed by atoms with Gasteiger partial charge in [0, 0.05) is 38.4 Å². The van der Waals surface area contributed by atoms with Gasteiger partial charge >= 0.3 is 18.2 Å². The van der Waals surface area contributed by atoms with Crippen molar-refractivity contribution in [2.24, 2.45) is 11.7 Å². The van der Waals surface area contributed by atoms with Crippen LogP contribution in [0.25, 0.3) is 0 Å². The third-order valence-corrected chi connectivity index (χ3v) is 5.93. The van der Waals surface area contributed by atoms with Crippen molar-refractivity contribution in [2.45, 2.75) is 105 Å². The fourth-order valence-electron chi connectivity index (χ4n) is 4.03. The fraction of sp³-hybridized carbons (Fsp3) is 0.655. The van der Waals surface area contributed by atoms with Gasteiger partial charge in [0.2, 0.25) is 0 Å². The van der Waals surface area contributed by atoms with Gasteiger partial charge in [-0.25, -0.2) is 14.6 Å². The van der Waals surface area contributed by atoms with Crippen molar-refractivity contribution >= 4 is 36.2 Å². The average Bonchev–Trinajstić information content (AvgIpc) is 2.86. The van der Waals surface area contributed by atoms with E-state index in [2.05, 4.69) is 20.4 Å². The van der Waals surface area contributed by atoms with E-state index in [4.69, 9.17) is 24.8 Å². The molecule has 16 nitrogen and oxygen atoms in total. The van der Waals surface area contributed by atoms with Gasteiger partial charge in [-0.15, -0.1) is 0 Å². The number of Topliss-reactive ketones (excluding diaryl/α,β-unsaturated/α-hetero) is 1. The van der Waals surface area contributed by atoms with Crippen molar-refractivity contribution < 1.29 is 43.3 Å². The molecule has 16 heteroatoms. The standard InChI is InChI=1S/C13H19N3O3.C13H21NO5.C2H4O2.CH4N2/c1-8-5-10-9(11(17)15-7-14-10)6-16(8)12(18)19-13(2,3)4;1-8-6-10(15)9(11(16)18-5)7-14(8)12(17)19-13(2,3)4;1-2(3)4;2-1-3/h7-8H,5-6H2,1-4H3,(H,14,15,17);8-9H,6-7H2,1-5H3;1H3,(H,3,4);1H,(H3,2,3)/t8-;8-,9?;;/m11../s1. The number of carbonyl (C=O) groups is 5. The van der Waals surface area contributed by atoms with Gasteiger partial charge < -0.3 is 39.8 Å². The second-order valence-electron chi connectivity index (χ2n) is 12.2.